The van der Waals surface area contributed by atoms with E-state index in [1.165, 1.54) is 22.5 Å². The van der Waals surface area contributed by atoms with Crippen molar-refractivity contribution in [2.45, 2.75) is 4.44 Å². The van der Waals surface area contributed by atoms with Crippen LogP contribution in [0.1, 0.15) is 5.56 Å². The van der Waals surface area contributed by atoms with Gasteiger partial charge in [0.1, 0.15) is 0 Å². The topological polar surface area (TPSA) is 20.2 Å². The number of aromatic hydroxyl groups is 1. The van der Waals surface area contributed by atoms with Crippen LogP contribution in [-0.2, 0) is 4.44 Å². The van der Waals surface area contributed by atoms with E-state index in [9.17, 15) is 0 Å². The first-order valence-electron chi connectivity index (χ1n) is 2.76. The monoisotopic (exact) mass is 227 g/mol. The van der Waals surface area contributed by atoms with E-state index >= 15 is 0 Å². The quantitative estimate of drug-likeness (QED) is 0.709. The van der Waals surface area contributed by atoms with E-state index in [0.717, 1.165) is 10.0 Å². The molecule has 0 fully saturated rings. The van der Waals surface area contributed by atoms with Gasteiger partial charge in [-0.3, -0.25) is 0 Å². The van der Waals surface area contributed by atoms with Crippen molar-refractivity contribution >= 4 is 22.5 Å². The Morgan fingerprint density at radius 1 is 1.33 bits per heavy atom. The van der Waals surface area contributed by atoms with Gasteiger partial charge in [-0.2, -0.15) is 0 Å². The van der Waals surface area contributed by atoms with Gasteiger partial charge in [0, 0.05) is 0 Å². The Hall–Kier alpha value is -0.181. The molecule has 0 spiro atoms. The van der Waals surface area contributed by atoms with E-state index in [4.69, 9.17) is 5.11 Å². The normalized spacial score (nSPS) is 9.44. The summed E-state index contributed by atoms with van der Waals surface area (Å²) in [6, 6.07) is 7.45. The van der Waals surface area contributed by atoms with Gasteiger partial charge in [0.05, 0.1) is 0 Å². The molecule has 0 aliphatic rings. The Labute approximate surface area is 67.8 Å². The molecule has 0 aliphatic carbocycles. The van der Waals surface area contributed by atoms with E-state index in [1.807, 2.05) is 18.2 Å². The molecule has 0 amide bonds. The van der Waals surface area contributed by atoms with E-state index in [1.54, 1.807) is 6.07 Å². The van der Waals surface area contributed by atoms with Crippen molar-refractivity contribution in [1.82, 2.24) is 0 Å². The Morgan fingerprint density at radius 2 is 2.00 bits per heavy atom. The van der Waals surface area contributed by atoms with E-state index in [2.05, 4.69) is 0 Å². The molecule has 45 valence electrons. The van der Waals surface area contributed by atoms with E-state index < -0.39 is 0 Å². The first-order chi connectivity index (χ1) is 4.34. The fraction of sp³-hybridized carbons (Fsp3) is 0.143. The summed E-state index contributed by atoms with van der Waals surface area (Å²) in [6.45, 7) is 0. The van der Waals surface area contributed by atoms with Crippen LogP contribution in [0.4, 0.5) is 0 Å². The molecule has 1 rings (SSSR count). The van der Waals surface area contributed by atoms with Gasteiger partial charge < -0.3 is 0 Å². The van der Waals surface area contributed by atoms with Crippen molar-refractivity contribution in [1.29, 1.82) is 0 Å². The molecule has 2 heteroatoms. The summed E-state index contributed by atoms with van der Waals surface area (Å²) in [5.74, 6) is 0.425. The number of hydrogen-bond donors (Lipinski definition) is 1. The average molecular weight is 226 g/mol. The SMILES string of the molecule is Oc1ccccc1[CH2][Sn]. The molecule has 1 aromatic carbocycles. The number of benzene rings is 1. The molecule has 0 heterocycles. The van der Waals surface area contributed by atoms with Crippen LogP contribution in [0.5, 0.6) is 5.75 Å². The molecule has 0 aliphatic heterocycles. The molecule has 0 bridgehead atoms. The van der Waals surface area contributed by atoms with Crippen molar-refractivity contribution in [3.8, 4) is 5.75 Å². The van der Waals surface area contributed by atoms with Crippen molar-refractivity contribution in [2.24, 2.45) is 0 Å². The van der Waals surface area contributed by atoms with Gasteiger partial charge in [-0.15, -0.1) is 0 Å². The second-order valence-corrected chi connectivity index (χ2v) is 2.81. The zero-order chi connectivity index (χ0) is 6.69. The Kier molecular flexibility index (Phi) is 2.39. The first kappa shape index (κ1) is 6.93. The number of rotatable bonds is 1. The number of phenolic OH excluding ortho intramolecular Hbond substituents is 1. The Bertz CT molecular complexity index is 198. The van der Waals surface area contributed by atoms with Crippen LogP contribution in [0, 0.1) is 0 Å². The van der Waals surface area contributed by atoms with Crippen LogP contribution in [-0.4, -0.2) is 27.6 Å². The zero-order valence-corrected chi connectivity index (χ0v) is 7.82. The second-order valence-electron chi connectivity index (χ2n) is 1.81. The van der Waals surface area contributed by atoms with Gasteiger partial charge in [-0.25, -0.2) is 0 Å². The third-order valence-electron chi connectivity index (χ3n) is 1.18. The molecule has 0 saturated heterocycles. The van der Waals surface area contributed by atoms with Crippen LogP contribution in [0.3, 0.4) is 0 Å². The van der Waals surface area contributed by atoms with Crippen LogP contribution < -0.4 is 0 Å². The summed E-state index contributed by atoms with van der Waals surface area (Å²) in [7, 11) is 0. The number of hydrogen-bond acceptors (Lipinski definition) is 1. The molecular formula is C7H7OSn. The van der Waals surface area contributed by atoms with Gasteiger partial charge >= 0.3 is 67.6 Å². The predicted molar refractivity (Wildman–Crippen MR) is 37.6 cm³/mol. The summed E-state index contributed by atoms with van der Waals surface area (Å²) in [6.07, 6.45) is 0. The van der Waals surface area contributed by atoms with Gasteiger partial charge in [0.15, 0.2) is 0 Å². The summed E-state index contributed by atoms with van der Waals surface area (Å²) in [5, 5.41) is 9.12. The van der Waals surface area contributed by atoms with Gasteiger partial charge in [0.2, 0.25) is 0 Å². The Balaban J connectivity index is 3.01. The fourth-order valence-corrected chi connectivity index (χ4v) is 1.51. The van der Waals surface area contributed by atoms with E-state index in [0.29, 0.717) is 5.75 Å². The van der Waals surface area contributed by atoms with Crippen molar-refractivity contribution < 1.29 is 5.11 Å². The van der Waals surface area contributed by atoms with Crippen molar-refractivity contribution in [2.75, 3.05) is 0 Å². The third kappa shape index (κ3) is 1.61. The first-order valence-corrected chi connectivity index (χ1v) is 4.78. The average Bonchev–Trinajstić information content (AvgIpc) is 1.89. The molecule has 0 unspecified atom stereocenters. The summed E-state index contributed by atoms with van der Waals surface area (Å²) < 4.78 is 0.986. The maximum atomic E-state index is 9.12. The van der Waals surface area contributed by atoms with Gasteiger partial charge in [0.25, 0.3) is 0 Å². The van der Waals surface area contributed by atoms with Crippen LogP contribution in [0.15, 0.2) is 24.3 Å². The number of phenols is 1. The molecule has 1 N–H and O–H groups in total. The van der Waals surface area contributed by atoms with Gasteiger partial charge in [-0.05, 0) is 0 Å². The molecule has 0 aromatic heterocycles. The van der Waals surface area contributed by atoms with Crippen molar-refractivity contribution in [3.63, 3.8) is 0 Å². The molecular weight excluding hydrogens is 219 g/mol. The number of para-hydroxylation sites is 1. The van der Waals surface area contributed by atoms with Crippen LogP contribution >= 0.6 is 0 Å². The fourth-order valence-electron chi connectivity index (χ4n) is 0.660. The third-order valence-corrected chi connectivity index (χ3v) is 2.27. The predicted octanol–water partition coefficient (Wildman–Crippen LogP) is 1.06. The van der Waals surface area contributed by atoms with Crippen LogP contribution in [0.2, 0.25) is 0 Å². The molecule has 1 aromatic rings. The summed E-state index contributed by atoms with van der Waals surface area (Å²) in [5.41, 5.74) is 1.05. The molecule has 0 atom stereocenters. The zero-order valence-electron chi connectivity index (χ0n) is 4.96. The van der Waals surface area contributed by atoms with Crippen LogP contribution in [0.25, 0.3) is 0 Å². The summed E-state index contributed by atoms with van der Waals surface area (Å²) in [4.78, 5) is 0. The second kappa shape index (κ2) is 3.11. The Morgan fingerprint density at radius 3 is 2.44 bits per heavy atom. The summed E-state index contributed by atoms with van der Waals surface area (Å²) >= 11 is 1.43. The minimum absolute atomic E-state index is 0.425. The van der Waals surface area contributed by atoms with E-state index in [-0.39, 0.29) is 0 Å². The molecule has 1 nitrogen and oxygen atoms in total. The van der Waals surface area contributed by atoms with Gasteiger partial charge in [-0.1, -0.05) is 0 Å². The standard InChI is InChI=1S/C7H7O.Sn/c1-6-4-2-3-5-7(6)8;/h2-5,8H,1H2;. The molecule has 3 radical (unpaired) electrons. The minimum atomic E-state index is 0.425. The maximum absolute atomic E-state index is 9.12. The molecule has 0 saturated carbocycles. The molecule has 9 heavy (non-hydrogen) atoms. The van der Waals surface area contributed by atoms with Crippen molar-refractivity contribution in [3.05, 3.63) is 29.8 Å².